The number of hydrogen-bond acceptors (Lipinski definition) is 6. The van der Waals surface area contributed by atoms with E-state index in [1.165, 1.54) is 17.8 Å². The molecule has 0 aromatic heterocycles. The molecule has 2 aliphatic heterocycles. The number of benzene rings is 1. The summed E-state index contributed by atoms with van der Waals surface area (Å²) in [6, 6.07) is 6.39. The molecule has 7 nitrogen and oxygen atoms in total. The van der Waals surface area contributed by atoms with Gasteiger partial charge in [-0.1, -0.05) is 0 Å². The minimum absolute atomic E-state index is 0.222. The summed E-state index contributed by atoms with van der Waals surface area (Å²) in [5.74, 6) is -1.01. The Kier molecular flexibility index (Phi) is 5.18. The van der Waals surface area contributed by atoms with E-state index in [0.717, 1.165) is 6.42 Å². The Labute approximate surface area is 149 Å². The number of fused-ring (bicyclic) bond motifs is 1. The number of amides is 2. The average molecular weight is 359 g/mol. The molecular formula is C17H17N3O4S. The van der Waals surface area contributed by atoms with Gasteiger partial charge in [-0.25, -0.2) is 4.79 Å². The van der Waals surface area contributed by atoms with E-state index >= 15 is 0 Å². The van der Waals surface area contributed by atoms with Crippen LogP contribution in [0.2, 0.25) is 0 Å². The van der Waals surface area contributed by atoms with Crippen LogP contribution in [-0.2, 0) is 14.3 Å². The van der Waals surface area contributed by atoms with Crippen LogP contribution in [0.1, 0.15) is 23.7 Å². The predicted octanol–water partition coefficient (Wildman–Crippen LogP) is 2.02. The quantitative estimate of drug-likeness (QED) is 0.831. The van der Waals surface area contributed by atoms with Gasteiger partial charge in [0.2, 0.25) is 0 Å². The third-order valence-electron chi connectivity index (χ3n) is 3.62. The highest BCUT2D eigenvalue weighted by molar-refractivity contribution is 8.18. The topological polar surface area (TPSA) is 88.1 Å². The molecule has 2 aliphatic rings. The van der Waals surface area contributed by atoms with E-state index in [-0.39, 0.29) is 11.8 Å². The van der Waals surface area contributed by atoms with Crippen LogP contribution in [0.4, 0.5) is 5.69 Å². The number of carbonyl (C=O) groups is 3. The summed E-state index contributed by atoms with van der Waals surface area (Å²) in [4.78, 5) is 42.3. The van der Waals surface area contributed by atoms with Crippen LogP contribution in [0.5, 0.6) is 0 Å². The fourth-order valence-electron chi connectivity index (χ4n) is 2.40. The molecule has 0 atom stereocenters. The monoisotopic (exact) mass is 359 g/mol. The van der Waals surface area contributed by atoms with E-state index in [4.69, 9.17) is 4.74 Å². The number of rotatable bonds is 4. The first-order chi connectivity index (χ1) is 12.1. The van der Waals surface area contributed by atoms with Crippen molar-refractivity contribution in [2.75, 3.05) is 25.0 Å². The Bertz CT molecular complexity index is 771. The van der Waals surface area contributed by atoms with Crippen molar-refractivity contribution >= 4 is 40.4 Å². The average Bonchev–Trinajstić information content (AvgIpc) is 2.62. The van der Waals surface area contributed by atoms with Gasteiger partial charge in [0.25, 0.3) is 11.8 Å². The van der Waals surface area contributed by atoms with Gasteiger partial charge < -0.3 is 10.1 Å². The number of aliphatic imine (C=N–C) groups is 1. The molecule has 130 valence electrons. The molecule has 3 rings (SSSR count). The number of anilines is 1. The zero-order chi connectivity index (χ0) is 17.8. The Hall–Kier alpha value is -2.61. The van der Waals surface area contributed by atoms with Gasteiger partial charge in [-0.2, -0.15) is 0 Å². The smallest absolute Gasteiger partial charge is 0.338 e. The van der Waals surface area contributed by atoms with Gasteiger partial charge in [-0.15, -0.1) is 0 Å². The fraction of sp³-hybridized carbons (Fsp3) is 0.294. The minimum atomic E-state index is -0.410. The van der Waals surface area contributed by atoms with Crippen LogP contribution in [0.15, 0.2) is 40.2 Å². The van der Waals surface area contributed by atoms with Crippen molar-refractivity contribution in [3.05, 3.63) is 40.8 Å². The molecule has 0 spiro atoms. The normalized spacial score (nSPS) is 16.5. The number of nitrogens with one attached hydrogen (secondary N) is 1. The van der Waals surface area contributed by atoms with Crippen molar-refractivity contribution in [3.8, 4) is 0 Å². The lowest BCUT2D eigenvalue weighted by Crippen LogP contribution is -2.41. The molecular weight excluding hydrogens is 342 g/mol. The van der Waals surface area contributed by atoms with E-state index in [9.17, 15) is 14.4 Å². The summed E-state index contributed by atoms with van der Waals surface area (Å²) in [6.07, 6.45) is 2.16. The SMILES string of the molecule is CCOC(=O)c1ccc(NC(=O)C2=CC(=O)N3CCCN=C3S2)cc1. The molecule has 1 aromatic carbocycles. The number of carbonyl (C=O) groups excluding carboxylic acids is 3. The Balaban J connectivity index is 1.68. The zero-order valence-electron chi connectivity index (χ0n) is 13.7. The minimum Gasteiger partial charge on any atom is -0.462 e. The summed E-state index contributed by atoms with van der Waals surface area (Å²) in [6.45, 7) is 3.33. The van der Waals surface area contributed by atoms with Crippen molar-refractivity contribution in [1.82, 2.24) is 4.90 Å². The van der Waals surface area contributed by atoms with Crippen molar-refractivity contribution < 1.29 is 19.1 Å². The summed E-state index contributed by atoms with van der Waals surface area (Å²) in [5.41, 5.74) is 0.938. The third kappa shape index (κ3) is 3.90. The Morgan fingerprint density at radius 2 is 2.08 bits per heavy atom. The number of thioether (sulfide) groups is 1. The molecule has 1 aromatic rings. The van der Waals surface area contributed by atoms with Crippen LogP contribution >= 0.6 is 11.8 Å². The second-order valence-corrected chi connectivity index (χ2v) is 6.38. The lowest BCUT2D eigenvalue weighted by atomic mass is 10.2. The number of hydrogen-bond donors (Lipinski definition) is 1. The third-order valence-corrected chi connectivity index (χ3v) is 4.67. The maximum Gasteiger partial charge on any atom is 0.338 e. The van der Waals surface area contributed by atoms with Crippen LogP contribution in [-0.4, -0.2) is 47.5 Å². The van der Waals surface area contributed by atoms with Crippen molar-refractivity contribution in [2.45, 2.75) is 13.3 Å². The van der Waals surface area contributed by atoms with Gasteiger partial charge in [0.1, 0.15) is 0 Å². The lowest BCUT2D eigenvalue weighted by Gasteiger charge is -2.29. The lowest BCUT2D eigenvalue weighted by molar-refractivity contribution is -0.123. The number of ether oxygens (including phenoxy) is 1. The highest BCUT2D eigenvalue weighted by Gasteiger charge is 2.30. The van der Waals surface area contributed by atoms with Crippen LogP contribution in [0.3, 0.4) is 0 Å². The van der Waals surface area contributed by atoms with Gasteiger partial charge in [0, 0.05) is 24.9 Å². The molecule has 2 amide bonds. The van der Waals surface area contributed by atoms with Gasteiger partial charge in [0.05, 0.1) is 17.1 Å². The molecule has 8 heteroatoms. The summed E-state index contributed by atoms with van der Waals surface area (Å²) in [5, 5.41) is 3.29. The first kappa shape index (κ1) is 17.2. The van der Waals surface area contributed by atoms with Crippen LogP contribution in [0, 0.1) is 0 Å². The number of nitrogens with zero attached hydrogens (tertiary/aromatic N) is 2. The standard InChI is InChI=1S/C17H17N3O4S/c1-2-24-16(23)11-4-6-12(7-5-11)19-15(22)13-10-14(21)20-9-3-8-18-17(20)25-13/h4-7,10H,2-3,8-9H2,1H3,(H,19,22). The van der Waals surface area contributed by atoms with Crippen molar-refractivity contribution in [2.24, 2.45) is 4.99 Å². The maximum atomic E-state index is 12.4. The first-order valence-corrected chi connectivity index (χ1v) is 8.74. The van der Waals surface area contributed by atoms with Crippen LogP contribution < -0.4 is 5.32 Å². The largest absolute Gasteiger partial charge is 0.462 e. The Morgan fingerprint density at radius 3 is 2.80 bits per heavy atom. The molecule has 0 aliphatic carbocycles. The molecule has 25 heavy (non-hydrogen) atoms. The fourth-order valence-corrected chi connectivity index (χ4v) is 3.35. The van der Waals surface area contributed by atoms with Crippen molar-refractivity contribution in [1.29, 1.82) is 0 Å². The number of amidine groups is 1. The molecule has 0 saturated carbocycles. The van der Waals surface area contributed by atoms with E-state index in [0.29, 0.717) is 41.0 Å². The van der Waals surface area contributed by atoms with E-state index in [2.05, 4.69) is 10.3 Å². The zero-order valence-corrected chi connectivity index (χ0v) is 14.5. The summed E-state index contributed by atoms with van der Waals surface area (Å²) >= 11 is 1.19. The van der Waals surface area contributed by atoms with Crippen molar-refractivity contribution in [3.63, 3.8) is 0 Å². The van der Waals surface area contributed by atoms with Gasteiger partial charge in [-0.05, 0) is 49.4 Å². The van der Waals surface area contributed by atoms with Gasteiger partial charge in [-0.3, -0.25) is 19.5 Å². The van der Waals surface area contributed by atoms with E-state index in [1.807, 2.05) is 0 Å². The van der Waals surface area contributed by atoms with Gasteiger partial charge in [0.15, 0.2) is 5.17 Å². The van der Waals surface area contributed by atoms with E-state index < -0.39 is 5.97 Å². The molecule has 2 heterocycles. The predicted molar refractivity (Wildman–Crippen MR) is 95.3 cm³/mol. The molecule has 1 N–H and O–H groups in total. The summed E-state index contributed by atoms with van der Waals surface area (Å²) in [7, 11) is 0. The first-order valence-electron chi connectivity index (χ1n) is 7.92. The second kappa shape index (κ2) is 7.52. The Morgan fingerprint density at radius 1 is 1.32 bits per heavy atom. The summed E-state index contributed by atoms with van der Waals surface area (Å²) < 4.78 is 4.91. The van der Waals surface area contributed by atoms with E-state index in [1.54, 1.807) is 36.1 Å². The second-order valence-electron chi connectivity index (χ2n) is 5.37. The molecule has 0 bridgehead atoms. The highest BCUT2D eigenvalue weighted by atomic mass is 32.2. The molecule has 0 fully saturated rings. The van der Waals surface area contributed by atoms with Gasteiger partial charge >= 0.3 is 5.97 Å². The molecule has 0 saturated heterocycles. The van der Waals surface area contributed by atoms with Crippen LogP contribution in [0.25, 0.3) is 0 Å². The molecule has 0 radical (unpaired) electrons. The number of esters is 1. The molecule has 0 unspecified atom stereocenters. The highest BCUT2D eigenvalue weighted by Crippen LogP contribution is 2.28. The maximum absolute atomic E-state index is 12.4.